The average Bonchev–Trinajstić information content (AvgIpc) is 2.92. The molecule has 33 heavy (non-hydrogen) atoms. The Kier molecular flexibility index (Phi) is 8.84. The molecule has 5 atom stereocenters. The first-order valence-corrected chi connectivity index (χ1v) is 13.9. The topological polar surface area (TPSA) is 250 Å². The predicted molar refractivity (Wildman–Crippen MR) is 110 cm³/mol. The molecule has 1 aliphatic rings. The molecule has 2 unspecified atom stereocenters. The number of nitrogen functional groups attached to an aromatic ring is 1. The SMILES string of the molecule is CC(C)CC[C@]1(COP(=O)(O)OP(=O)(O)OP(=O)(O)O)O[C@@H](n2ccc(N)nc2=O)C[C@@H]1O. The van der Waals surface area contributed by atoms with E-state index in [1.807, 2.05) is 13.8 Å². The molecule has 19 heteroatoms. The highest BCUT2D eigenvalue weighted by Gasteiger charge is 2.51. The van der Waals surface area contributed by atoms with Gasteiger partial charge in [0.2, 0.25) is 0 Å². The van der Waals surface area contributed by atoms with Gasteiger partial charge in [0.05, 0.1) is 12.7 Å². The molecule has 0 aromatic carbocycles. The van der Waals surface area contributed by atoms with Crippen LogP contribution < -0.4 is 11.4 Å². The molecule has 1 aromatic rings. The quantitative estimate of drug-likeness (QED) is 0.212. The van der Waals surface area contributed by atoms with Crippen molar-refractivity contribution in [3.05, 3.63) is 22.7 Å². The summed E-state index contributed by atoms with van der Waals surface area (Å²) in [6.45, 7) is 2.88. The molecule has 1 aliphatic heterocycles. The first-order valence-electron chi connectivity index (χ1n) is 9.42. The van der Waals surface area contributed by atoms with Crippen LogP contribution in [0, 0.1) is 5.92 Å². The van der Waals surface area contributed by atoms with Crippen LogP contribution in [-0.4, -0.2) is 52.5 Å². The predicted octanol–water partition coefficient (Wildman–Crippen LogP) is 0.624. The van der Waals surface area contributed by atoms with Gasteiger partial charge < -0.3 is 35.2 Å². The van der Waals surface area contributed by atoms with Crippen LogP contribution in [0.2, 0.25) is 0 Å². The second kappa shape index (κ2) is 10.3. The summed E-state index contributed by atoms with van der Waals surface area (Å²) in [5.41, 5.74) is 3.05. The van der Waals surface area contributed by atoms with Gasteiger partial charge in [-0.1, -0.05) is 13.8 Å². The molecule has 16 nitrogen and oxygen atoms in total. The third-order valence-corrected chi connectivity index (χ3v) is 8.38. The largest absolute Gasteiger partial charge is 0.490 e. The zero-order chi connectivity index (χ0) is 25.2. The van der Waals surface area contributed by atoms with Crippen LogP contribution in [-0.2, 0) is 31.6 Å². The van der Waals surface area contributed by atoms with Gasteiger partial charge in [0, 0.05) is 12.6 Å². The zero-order valence-corrected chi connectivity index (χ0v) is 20.2. The third kappa shape index (κ3) is 8.32. The van der Waals surface area contributed by atoms with Crippen molar-refractivity contribution >= 4 is 29.3 Å². The van der Waals surface area contributed by atoms with Crippen LogP contribution in [0.1, 0.15) is 39.3 Å². The van der Waals surface area contributed by atoms with Crippen LogP contribution in [0.3, 0.4) is 0 Å². The van der Waals surface area contributed by atoms with E-state index < -0.39 is 53.7 Å². The van der Waals surface area contributed by atoms with Crippen LogP contribution in [0.5, 0.6) is 0 Å². The minimum Gasteiger partial charge on any atom is -0.390 e. The maximum Gasteiger partial charge on any atom is 0.490 e. The van der Waals surface area contributed by atoms with Crippen molar-refractivity contribution < 1.29 is 56.3 Å². The van der Waals surface area contributed by atoms with Gasteiger partial charge in [0.1, 0.15) is 17.6 Å². The lowest BCUT2D eigenvalue weighted by Crippen LogP contribution is -2.44. The molecule has 0 saturated carbocycles. The van der Waals surface area contributed by atoms with Crippen molar-refractivity contribution in [3.8, 4) is 0 Å². The summed E-state index contributed by atoms with van der Waals surface area (Å²) in [6.07, 6.45) is -0.685. The van der Waals surface area contributed by atoms with Crippen LogP contribution in [0.15, 0.2) is 17.1 Å². The Morgan fingerprint density at radius 2 is 1.88 bits per heavy atom. The second-order valence-corrected chi connectivity index (χ2v) is 12.1. The Morgan fingerprint density at radius 1 is 1.24 bits per heavy atom. The minimum absolute atomic E-state index is 0.0338. The Morgan fingerprint density at radius 3 is 2.42 bits per heavy atom. The van der Waals surface area contributed by atoms with Crippen molar-refractivity contribution in [1.82, 2.24) is 9.55 Å². The van der Waals surface area contributed by atoms with Crippen molar-refractivity contribution in [2.24, 2.45) is 5.92 Å². The monoisotopic (exact) mass is 537 g/mol. The summed E-state index contributed by atoms with van der Waals surface area (Å²) in [7, 11) is -16.7. The van der Waals surface area contributed by atoms with Crippen molar-refractivity contribution in [2.45, 2.75) is 51.0 Å². The number of aromatic nitrogens is 2. The highest BCUT2D eigenvalue weighted by Crippen LogP contribution is 2.66. The van der Waals surface area contributed by atoms with Gasteiger partial charge in [-0.3, -0.25) is 9.09 Å². The lowest BCUT2D eigenvalue weighted by Gasteiger charge is -2.33. The number of phosphoric ester groups is 1. The third-order valence-electron chi connectivity index (χ3n) is 4.60. The number of rotatable bonds is 11. The summed E-state index contributed by atoms with van der Waals surface area (Å²) >= 11 is 0. The number of phosphoric acid groups is 3. The summed E-state index contributed by atoms with van der Waals surface area (Å²) in [5, 5.41) is 10.7. The first-order chi connectivity index (χ1) is 14.9. The maximum atomic E-state index is 12.1. The van der Waals surface area contributed by atoms with E-state index in [4.69, 9.17) is 24.8 Å². The molecule has 190 valence electrons. The van der Waals surface area contributed by atoms with Crippen molar-refractivity contribution in [3.63, 3.8) is 0 Å². The number of hydrogen-bond acceptors (Lipinski definition) is 11. The van der Waals surface area contributed by atoms with E-state index in [0.29, 0.717) is 6.42 Å². The molecule has 0 amide bonds. The molecule has 1 saturated heterocycles. The van der Waals surface area contributed by atoms with Gasteiger partial charge in [0.25, 0.3) is 0 Å². The molecule has 0 radical (unpaired) electrons. The summed E-state index contributed by atoms with van der Waals surface area (Å²) in [5.74, 6) is 0.0673. The Balaban J connectivity index is 2.23. The highest BCUT2D eigenvalue weighted by molar-refractivity contribution is 7.66. The number of nitrogens with zero attached hydrogens (tertiary/aromatic N) is 2. The number of aliphatic hydroxyl groups excluding tert-OH is 1. The van der Waals surface area contributed by atoms with Crippen LogP contribution in [0.4, 0.5) is 5.82 Å². The molecule has 1 aromatic heterocycles. The lowest BCUT2D eigenvalue weighted by molar-refractivity contribution is -0.132. The van der Waals surface area contributed by atoms with E-state index in [2.05, 4.69) is 13.6 Å². The molecule has 2 rings (SSSR count). The molecule has 0 spiro atoms. The van der Waals surface area contributed by atoms with E-state index in [1.165, 1.54) is 12.3 Å². The molecule has 0 aliphatic carbocycles. The number of hydrogen-bond donors (Lipinski definition) is 6. The van der Waals surface area contributed by atoms with Gasteiger partial charge in [-0.25, -0.2) is 18.5 Å². The molecular formula is C14H26N3O13P3. The minimum atomic E-state index is -5.71. The van der Waals surface area contributed by atoms with E-state index in [9.17, 15) is 33.4 Å². The first kappa shape index (κ1) is 28.2. The maximum absolute atomic E-state index is 12.1. The summed E-state index contributed by atoms with van der Waals surface area (Å²) < 4.78 is 53.4. The average molecular weight is 537 g/mol. The van der Waals surface area contributed by atoms with Crippen LogP contribution in [0.25, 0.3) is 0 Å². The fraction of sp³-hybridized carbons (Fsp3) is 0.714. The molecular weight excluding hydrogens is 511 g/mol. The smallest absolute Gasteiger partial charge is 0.390 e. The lowest BCUT2D eigenvalue weighted by atomic mass is 9.89. The second-order valence-electron chi connectivity index (χ2n) is 7.73. The van der Waals surface area contributed by atoms with E-state index >= 15 is 0 Å². The van der Waals surface area contributed by atoms with Gasteiger partial charge in [-0.2, -0.15) is 13.6 Å². The van der Waals surface area contributed by atoms with Crippen LogP contribution >= 0.6 is 23.5 Å². The summed E-state index contributed by atoms with van der Waals surface area (Å²) in [4.78, 5) is 52.0. The van der Waals surface area contributed by atoms with Crippen molar-refractivity contribution in [2.75, 3.05) is 12.3 Å². The van der Waals surface area contributed by atoms with E-state index in [-0.39, 0.29) is 24.6 Å². The fourth-order valence-corrected chi connectivity index (χ4v) is 6.15. The van der Waals surface area contributed by atoms with Crippen molar-refractivity contribution in [1.29, 1.82) is 0 Å². The molecule has 0 bridgehead atoms. The fourth-order valence-electron chi connectivity index (χ4n) is 3.07. The number of anilines is 1. The number of aliphatic hydroxyl groups is 1. The Hall–Kier alpha value is -0.990. The zero-order valence-electron chi connectivity index (χ0n) is 17.5. The van der Waals surface area contributed by atoms with Gasteiger partial charge in [0.15, 0.2) is 0 Å². The Labute approximate surface area is 187 Å². The van der Waals surface area contributed by atoms with E-state index in [0.717, 1.165) is 4.57 Å². The normalized spacial score (nSPS) is 27.4. The molecule has 1 fully saturated rings. The van der Waals surface area contributed by atoms with Gasteiger partial charge in [-0.15, -0.1) is 0 Å². The van der Waals surface area contributed by atoms with E-state index in [1.54, 1.807) is 0 Å². The summed E-state index contributed by atoms with van der Waals surface area (Å²) in [6, 6.07) is 1.33. The van der Waals surface area contributed by atoms with Gasteiger partial charge in [-0.05, 0) is 24.8 Å². The highest BCUT2D eigenvalue weighted by atomic mass is 31.3. The Bertz CT molecular complexity index is 1040. The molecule has 7 N–H and O–H groups in total. The van der Waals surface area contributed by atoms with Gasteiger partial charge >= 0.3 is 29.2 Å². The number of ether oxygens (including phenoxy) is 1. The number of nitrogens with two attached hydrogens (primary N) is 1. The standard InChI is InChI=1S/C14H26N3O13P3/c1-9(2)3-5-14(8-27-32(23,24)30-33(25,26)29-31(20,21)22)10(18)7-12(28-14)17-6-4-11(15)16-13(17)19/h4,6,9-10,12,18H,3,5,7-8H2,1-2H3,(H,23,24)(H,25,26)(H2,15,16,19)(H2,20,21,22)/t10-,12+,14+/m0/s1. The molecule has 2 heterocycles.